The van der Waals surface area contributed by atoms with Crippen molar-refractivity contribution in [1.82, 2.24) is 4.98 Å². The molecule has 0 spiro atoms. The maximum absolute atomic E-state index is 5.66. The van der Waals surface area contributed by atoms with Gasteiger partial charge in [-0.2, -0.15) is 0 Å². The number of rotatable bonds is 1. The molecule has 2 heterocycles. The minimum absolute atomic E-state index is 0.723. The minimum atomic E-state index is 0.723. The molecule has 14 heavy (non-hydrogen) atoms. The molecule has 3 heteroatoms. The van der Waals surface area contributed by atoms with Crippen LogP contribution in [-0.2, 0) is 0 Å². The van der Waals surface area contributed by atoms with E-state index in [4.69, 9.17) is 5.73 Å². The number of nitrogen functional groups attached to an aromatic ring is 1. The molecular formula is C11H12N2S. The SMILES string of the molecule is Cc1cc(N)cnc1-c1sccc1C. The number of pyridine rings is 1. The largest absolute Gasteiger partial charge is 0.397 e. The maximum Gasteiger partial charge on any atom is 0.0835 e. The van der Waals surface area contributed by atoms with Crippen LogP contribution in [0.1, 0.15) is 11.1 Å². The second-order valence-electron chi connectivity index (χ2n) is 3.37. The highest BCUT2D eigenvalue weighted by molar-refractivity contribution is 7.13. The van der Waals surface area contributed by atoms with Gasteiger partial charge >= 0.3 is 0 Å². The van der Waals surface area contributed by atoms with Crippen molar-refractivity contribution < 1.29 is 0 Å². The van der Waals surface area contributed by atoms with E-state index in [2.05, 4.69) is 23.4 Å². The van der Waals surface area contributed by atoms with E-state index < -0.39 is 0 Å². The molecule has 0 unspecified atom stereocenters. The lowest BCUT2D eigenvalue weighted by Gasteiger charge is -2.04. The van der Waals surface area contributed by atoms with Crippen LogP contribution in [0.15, 0.2) is 23.7 Å². The number of aryl methyl sites for hydroxylation is 2. The highest BCUT2D eigenvalue weighted by atomic mass is 32.1. The van der Waals surface area contributed by atoms with Crippen molar-refractivity contribution in [3.05, 3.63) is 34.8 Å². The third kappa shape index (κ3) is 1.51. The molecule has 0 aliphatic heterocycles. The Morgan fingerprint density at radius 3 is 2.64 bits per heavy atom. The van der Waals surface area contributed by atoms with E-state index in [1.807, 2.05) is 13.0 Å². The Balaban J connectivity index is 2.58. The van der Waals surface area contributed by atoms with Crippen molar-refractivity contribution in [3.63, 3.8) is 0 Å². The van der Waals surface area contributed by atoms with Gasteiger partial charge in [0.25, 0.3) is 0 Å². The van der Waals surface area contributed by atoms with Crippen LogP contribution in [0.5, 0.6) is 0 Å². The van der Waals surface area contributed by atoms with Crippen LogP contribution in [0, 0.1) is 13.8 Å². The number of aromatic nitrogens is 1. The van der Waals surface area contributed by atoms with Crippen LogP contribution in [0.2, 0.25) is 0 Å². The first kappa shape index (κ1) is 9.21. The molecule has 0 amide bonds. The summed E-state index contributed by atoms with van der Waals surface area (Å²) in [5.74, 6) is 0. The Morgan fingerprint density at radius 1 is 1.29 bits per heavy atom. The zero-order valence-corrected chi connectivity index (χ0v) is 9.06. The molecule has 0 aliphatic carbocycles. The van der Waals surface area contributed by atoms with Crippen LogP contribution in [0.3, 0.4) is 0 Å². The number of hydrogen-bond donors (Lipinski definition) is 1. The quantitative estimate of drug-likeness (QED) is 0.775. The summed E-state index contributed by atoms with van der Waals surface area (Å²) in [4.78, 5) is 5.60. The maximum atomic E-state index is 5.66. The van der Waals surface area contributed by atoms with Gasteiger partial charge in [0.15, 0.2) is 0 Å². The Labute approximate surface area is 87.4 Å². The molecule has 0 fully saturated rings. The molecule has 0 bridgehead atoms. The summed E-state index contributed by atoms with van der Waals surface area (Å²) < 4.78 is 0. The highest BCUT2D eigenvalue weighted by Gasteiger charge is 2.07. The minimum Gasteiger partial charge on any atom is -0.397 e. The van der Waals surface area contributed by atoms with Crippen molar-refractivity contribution in [2.45, 2.75) is 13.8 Å². The molecule has 72 valence electrons. The van der Waals surface area contributed by atoms with E-state index in [0.29, 0.717) is 0 Å². The number of hydrogen-bond acceptors (Lipinski definition) is 3. The summed E-state index contributed by atoms with van der Waals surface area (Å²) in [7, 11) is 0. The van der Waals surface area contributed by atoms with Gasteiger partial charge in [-0.15, -0.1) is 11.3 Å². The van der Waals surface area contributed by atoms with Crippen LogP contribution in [0.4, 0.5) is 5.69 Å². The molecule has 0 atom stereocenters. The third-order valence-corrected chi connectivity index (χ3v) is 3.20. The third-order valence-electron chi connectivity index (χ3n) is 2.18. The smallest absolute Gasteiger partial charge is 0.0835 e. The van der Waals surface area contributed by atoms with Gasteiger partial charge in [0.05, 0.1) is 22.5 Å². The fourth-order valence-corrected chi connectivity index (χ4v) is 2.44. The summed E-state index contributed by atoms with van der Waals surface area (Å²) in [5.41, 5.74) is 9.84. The lowest BCUT2D eigenvalue weighted by atomic mass is 10.1. The van der Waals surface area contributed by atoms with Crippen LogP contribution in [-0.4, -0.2) is 4.98 Å². The number of thiophene rings is 1. The zero-order chi connectivity index (χ0) is 10.1. The molecule has 0 saturated carbocycles. The fraction of sp³-hybridized carbons (Fsp3) is 0.182. The molecule has 2 N–H and O–H groups in total. The Bertz CT molecular complexity index is 460. The Morgan fingerprint density at radius 2 is 2.07 bits per heavy atom. The summed E-state index contributed by atoms with van der Waals surface area (Å²) in [6.45, 7) is 4.14. The summed E-state index contributed by atoms with van der Waals surface area (Å²) in [6, 6.07) is 4.07. The molecule has 0 aliphatic rings. The molecule has 2 nitrogen and oxygen atoms in total. The molecular weight excluding hydrogens is 192 g/mol. The molecule has 2 aromatic heterocycles. The first-order valence-electron chi connectivity index (χ1n) is 4.45. The first-order valence-corrected chi connectivity index (χ1v) is 5.33. The number of anilines is 1. The average molecular weight is 204 g/mol. The average Bonchev–Trinajstić information content (AvgIpc) is 2.52. The van der Waals surface area contributed by atoms with E-state index >= 15 is 0 Å². The van der Waals surface area contributed by atoms with Crippen molar-refractivity contribution in [1.29, 1.82) is 0 Å². The molecule has 0 saturated heterocycles. The zero-order valence-electron chi connectivity index (χ0n) is 8.24. The van der Waals surface area contributed by atoms with Crippen LogP contribution >= 0.6 is 11.3 Å². The predicted molar refractivity (Wildman–Crippen MR) is 61.4 cm³/mol. The predicted octanol–water partition coefficient (Wildman–Crippen LogP) is 3.01. The van der Waals surface area contributed by atoms with Crippen molar-refractivity contribution >= 4 is 17.0 Å². The molecule has 0 aromatic carbocycles. The second kappa shape index (κ2) is 3.42. The molecule has 0 radical (unpaired) electrons. The van der Waals surface area contributed by atoms with Gasteiger partial charge in [-0.3, -0.25) is 4.98 Å². The Hall–Kier alpha value is -1.35. The topological polar surface area (TPSA) is 38.9 Å². The monoisotopic (exact) mass is 204 g/mol. The van der Waals surface area contributed by atoms with Crippen molar-refractivity contribution in [2.75, 3.05) is 5.73 Å². The standard InChI is InChI=1S/C11H12N2S/c1-7-3-4-14-11(7)10-8(2)5-9(12)6-13-10/h3-6H,12H2,1-2H3. The first-order chi connectivity index (χ1) is 6.68. The summed E-state index contributed by atoms with van der Waals surface area (Å²) in [6.07, 6.45) is 1.71. The van der Waals surface area contributed by atoms with Gasteiger partial charge in [0.1, 0.15) is 0 Å². The lowest BCUT2D eigenvalue weighted by molar-refractivity contribution is 1.28. The van der Waals surface area contributed by atoms with Gasteiger partial charge in [-0.25, -0.2) is 0 Å². The van der Waals surface area contributed by atoms with Crippen LogP contribution < -0.4 is 5.73 Å². The van der Waals surface area contributed by atoms with E-state index in [0.717, 1.165) is 16.9 Å². The molecule has 2 aromatic rings. The summed E-state index contributed by atoms with van der Waals surface area (Å²) >= 11 is 1.72. The second-order valence-corrected chi connectivity index (χ2v) is 4.28. The number of nitrogens with two attached hydrogens (primary N) is 1. The van der Waals surface area contributed by atoms with Crippen molar-refractivity contribution in [2.24, 2.45) is 0 Å². The highest BCUT2D eigenvalue weighted by Crippen LogP contribution is 2.30. The van der Waals surface area contributed by atoms with E-state index in [-0.39, 0.29) is 0 Å². The summed E-state index contributed by atoms with van der Waals surface area (Å²) in [5, 5.41) is 2.09. The van der Waals surface area contributed by atoms with Crippen LogP contribution in [0.25, 0.3) is 10.6 Å². The van der Waals surface area contributed by atoms with E-state index in [1.54, 1.807) is 17.5 Å². The fourth-order valence-electron chi connectivity index (χ4n) is 1.45. The van der Waals surface area contributed by atoms with Gasteiger partial charge in [-0.05, 0) is 42.5 Å². The van der Waals surface area contributed by atoms with E-state index in [1.165, 1.54) is 10.4 Å². The Kier molecular flexibility index (Phi) is 2.25. The van der Waals surface area contributed by atoms with Gasteiger partial charge in [0, 0.05) is 0 Å². The van der Waals surface area contributed by atoms with Gasteiger partial charge < -0.3 is 5.73 Å². The van der Waals surface area contributed by atoms with Gasteiger partial charge in [0.2, 0.25) is 0 Å². The van der Waals surface area contributed by atoms with E-state index in [9.17, 15) is 0 Å². The van der Waals surface area contributed by atoms with Crippen molar-refractivity contribution in [3.8, 4) is 10.6 Å². The molecule has 2 rings (SSSR count). The lowest BCUT2D eigenvalue weighted by Crippen LogP contribution is -1.91. The normalized spacial score (nSPS) is 10.4. The number of nitrogens with zero attached hydrogens (tertiary/aromatic N) is 1. The van der Waals surface area contributed by atoms with Gasteiger partial charge in [-0.1, -0.05) is 0 Å².